The molecule has 0 aromatic rings. The van der Waals surface area contributed by atoms with Crippen LogP contribution in [0.15, 0.2) is 11.1 Å². The molecule has 2 unspecified atom stereocenters. The molecule has 0 bridgehead atoms. The van der Waals surface area contributed by atoms with E-state index in [9.17, 15) is 9.59 Å². The van der Waals surface area contributed by atoms with Gasteiger partial charge in [-0.05, 0) is 27.7 Å². The van der Waals surface area contributed by atoms with Gasteiger partial charge in [-0.3, -0.25) is 9.59 Å². The molecule has 2 atom stereocenters. The summed E-state index contributed by atoms with van der Waals surface area (Å²) in [4.78, 5) is 24.9. The van der Waals surface area contributed by atoms with Crippen LogP contribution in [-0.4, -0.2) is 11.9 Å². The van der Waals surface area contributed by atoms with E-state index < -0.39 is 21.7 Å². The molecule has 1 aliphatic heterocycles. The number of hydrogen-bond donors (Lipinski definition) is 0. The van der Waals surface area contributed by atoms with E-state index in [-0.39, 0.29) is 11.9 Å². The zero-order valence-electron chi connectivity index (χ0n) is 13.2. The van der Waals surface area contributed by atoms with Gasteiger partial charge in [0.25, 0.3) is 0 Å². The molecular formula is C16H24O3. The molecule has 1 aliphatic carbocycles. The largest absolute Gasteiger partial charge is 0.392 e. The van der Waals surface area contributed by atoms with E-state index >= 15 is 0 Å². The summed E-state index contributed by atoms with van der Waals surface area (Å²) in [6.45, 7) is 16.1. The molecule has 3 heteroatoms. The number of allylic oxidation sites excluding steroid dienone is 2. The van der Waals surface area contributed by atoms with Crippen molar-refractivity contribution in [2.24, 2.45) is 21.7 Å². The van der Waals surface area contributed by atoms with Crippen LogP contribution in [0.4, 0.5) is 0 Å². The van der Waals surface area contributed by atoms with Gasteiger partial charge in [-0.15, -0.1) is 0 Å². The van der Waals surface area contributed by atoms with Crippen LogP contribution in [0, 0.1) is 21.7 Å². The minimum absolute atomic E-state index is 0.384. The summed E-state index contributed by atoms with van der Waals surface area (Å²) in [5.41, 5.74) is -0.0861. The second-order valence-electron chi connectivity index (χ2n) is 7.43. The molecule has 19 heavy (non-hydrogen) atoms. The third kappa shape index (κ3) is 1.12. The van der Waals surface area contributed by atoms with E-state index in [4.69, 9.17) is 4.74 Å². The second kappa shape index (κ2) is 3.31. The molecular weight excluding hydrogens is 240 g/mol. The molecule has 1 fully saturated rings. The van der Waals surface area contributed by atoms with Gasteiger partial charge in [0.1, 0.15) is 0 Å². The fourth-order valence-corrected chi connectivity index (χ4v) is 4.14. The lowest BCUT2D eigenvalue weighted by atomic mass is 9.40. The number of fused-ring (bicyclic) bond motifs is 1. The number of esters is 2. The van der Waals surface area contributed by atoms with Gasteiger partial charge in [-0.2, -0.15) is 0 Å². The first-order valence-electron chi connectivity index (χ1n) is 6.82. The minimum atomic E-state index is -0.829. The summed E-state index contributed by atoms with van der Waals surface area (Å²) in [6.07, 6.45) is 0. The number of hydrogen-bond acceptors (Lipinski definition) is 3. The average Bonchev–Trinajstić information content (AvgIpc) is 2.49. The monoisotopic (exact) mass is 264 g/mol. The zero-order chi connectivity index (χ0) is 15.0. The average molecular weight is 264 g/mol. The summed E-state index contributed by atoms with van der Waals surface area (Å²) in [5.74, 6) is -0.769. The van der Waals surface area contributed by atoms with E-state index in [2.05, 4.69) is 13.8 Å². The fourth-order valence-electron chi connectivity index (χ4n) is 4.14. The normalized spacial score (nSPS) is 40.2. The lowest BCUT2D eigenvalue weighted by molar-refractivity contribution is -0.156. The molecule has 0 saturated carbocycles. The van der Waals surface area contributed by atoms with Crippen molar-refractivity contribution in [1.82, 2.24) is 0 Å². The van der Waals surface area contributed by atoms with Crippen LogP contribution < -0.4 is 0 Å². The maximum Gasteiger partial charge on any atom is 0.321 e. The first kappa shape index (κ1) is 14.3. The molecule has 2 aliphatic rings. The first-order chi connectivity index (χ1) is 8.36. The van der Waals surface area contributed by atoms with Gasteiger partial charge in [0.15, 0.2) is 0 Å². The third-order valence-electron chi connectivity index (χ3n) is 6.94. The second-order valence-corrected chi connectivity index (χ2v) is 7.43. The molecule has 0 aromatic carbocycles. The predicted molar refractivity (Wildman–Crippen MR) is 73.2 cm³/mol. The first-order valence-corrected chi connectivity index (χ1v) is 6.82. The molecule has 1 saturated heterocycles. The highest BCUT2D eigenvalue weighted by Crippen LogP contribution is 2.71. The Labute approximate surface area is 115 Å². The molecule has 1 heterocycles. The fraction of sp³-hybridized carbons (Fsp3) is 0.750. The van der Waals surface area contributed by atoms with Crippen molar-refractivity contribution in [1.29, 1.82) is 0 Å². The SMILES string of the molecule is CC1=C(C)C(C)(C)C2(C)C(=O)OC(=O)C2(C)C1(C)C. The maximum absolute atomic E-state index is 12.4. The lowest BCUT2D eigenvalue weighted by Gasteiger charge is -2.59. The Hall–Kier alpha value is -1.12. The predicted octanol–water partition coefficient (Wildman–Crippen LogP) is 3.48. The lowest BCUT2D eigenvalue weighted by Crippen LogP contribution is -2.61. The zero-order valence-corrected chi connectivity index (χ0v) is 13.2. The van der Waals surface area contributed by atoms with Crippen molar-refractivity contribution < 1.29 is 14.3 Å². The highest BCUT2D eigenvalue weighted by molar-refractivity contribution is 6.03. The standard InChI is InChI=1S/C16H24O3/c1-9-10(2)14(5,6)16(8)12(18)19-11(17)15(16,7)13(9,3)4/h1-8H3. The molecule has 0 N–H and O–H groups in total. The van der Waals surface area contributed by atoms with Crippen LogP contribution in [0.1, 0.15) is 55.4 Å². The quantitative estimate of drug-likeness (QED) is 0.382. The van der Waals surface area contributed by atoms with E-state index in [1.807, 2.05) is 41.5 Å². The van der Waals surface area contributed by atoms with E-state index in [0.29, 0.717) is 0 Å². The smallest absolute Gasteiger partial charge is 0.321 e. The summed E-state index contributed by atoms with van der Waals surface area (Å²) in [7, 11) is 0. The Balaban J connectivity index is 2.94. The Morgan fingerprint density at radius 3 is 1.21 bits per heavy atom. The van der Waals surface area contributed by atoms with Crippen LogP contribution in [0.25, 0.3) is 0 Å². The number of rotatable bonds is 0. The summed E-state index contributed by atoms with van der Waals surface area (Å²) in [5, 5.41) is 0. The number of carbonyl (C=O) groups is 2. The van der Waals surface area contributed by atoms with Crippen LogP contribution in [0.5, 0.6) is 0 Å². The maximum atomic E-state index is 12.4. The Morgan fingerprint density at radius 1 is 0.684 bits per heavy atom. The van der Waals surface area contributed by atoms with Gasteiger partial charge in [0.05, 0.1) is 10.8 Å². The topological polar surface area (TPSA) is 43.4 Å². The molecule has 0 spiro atoms. The van der Waals surface area contributed by atoms with Crippen molar-refractivity contribution in [3.05, 3.63) is 11.1 Å². The molecule has 0 radical (unpaired) electrons. The molecule has 0 amide bonds. The van der Waals surface area contributed by atoms with Crippen molar-refractivity contribution in [2.45, 2.75) is 55.4 Å². The van der Waals surface area contributed by atoms with Gasteiger partial charge >= 0.3 is 11.9 Å². The van der Waals surface area contributed by atoms with Gasteiger partial charge in [0.2, 0.25) is 0 Å². The number of cyclic esters (lactones) is 2. The summed E-state index contributed by atoms with van der Waals surface area (Å²) >= 11 is 0. The molecule has 0 aromatic heterocycles. The van der Waals surface area contributed by atoms with Crippen LogP contribution in [-0.2, 0) is 14.3 Å². The number of carbonyl (C=O) groups excluding carboxylic acids is 2. The van der Waals surface area contributed by atoms with Gasteiger partial charge in [-0.1, -0.05) is 38.8 Å². The van der Waals surface area contributed by atoms with E-state index in [1.54, 1.807) is 0 Å². The van der Waals surface area contributed by atoms with E-state index in [0.717, 1.165) is 0 Å². The van der Waals surface area contributed by atoms with Crippen molar-refractivity contribution in [2.75, 3.05) is 0 Å². The Kier molecular flexibility index (Phi) is 2.49. The summed E-state index contributed by atoms with van der Waals surface area (Å²) in [6, 6.07) is 0. The van der Waals surface area contributed by atoms with Crippen LogP contribution in [0.2, 0.25) is 0 Å². The third-order valence-corrected chi connectivity index (χ3v) is 6.94. The van der Waals surface area contributed by atoms with Crippen molar-refractivity contribution in [3.8, 4) is 0 Å². The van der Waals surface area contributed by atoms with Gasteiger partial charge in [-0.25, -0.2) is 0 Å². The van der Waals surface area contributed by atoms with Crippen molar-refractivity contribution in [3.63, 3.8) is 0 Å². The van der Waals surface area contributed by atoms with Gasteiger partial charge < -0.3 is 4.74 Å². The highest BCUT2D eigenvalue weighted by Gasteiger charge is 2.76. The molecule has 2 rings (SSSR count). The molecule has 3 nitrogen and oxygen atoms in total. The van der Waals surface area contributed by atoms with Gasteiger partial charge in [0, 0.05) is 10.8 Å². The summed E-state index contributed by atoms with van der Waals surface area (Å²) < 4.78 is 5.08. The minimum Gasteiger partial charge on any atom is -0.392 e. The van der Waals surface area contributed by atoms with E-state index in [1.165, 1.54) is 11.1 Å². The Bertz CT molecular complexity index is 478. The van der Waals surface area contributed by atoms with Crippen LogP contribution in [0.3, 0.4) is 0 Å². The highest BCUT2D eigenvalue weighted by atomic mass is 16.6. The molecule has 106 valence electrons. The Morgan fingerprint density at radius 2 is 0.947 bits per heavy atom. The van der Waals surface area contributed by atoms with Crippen LogP contribution >= 0.6 is 0 Å². The number of ether oxygens (including phenoxy) is 1. The van der Waals surface area contributed by atoms with Crippen molar-refractivity contribution >= 4 is 11.9 Å².